The molecule has 1 aromatic rings. The highest BCUT2D eigenvalue weighted by atomic mass is 32.2. The van der Waals surface area contributed by atoms with Gasteiger partial charge in [-0.3, -0.25) is 0 Å². The lowest BCUT2D eigenvalue weighted by atomic mass is 9.73. The number of benzene rings is 1. The minimum atomic E-state index is -0.919. The van der Waals surface area contributed by atoms with E-state index in [9.17, 15) is 9.50 Å². The molecule has 2 aliphatic heterocycles. The van der Waals surface area contributed by atoms with Crippen molar-refractivity contribution in [3.8, 4) is 0 Å². The van der Waals surface area contributed by atoms with Crippen LogP contribution in [-0.4, -0.2) is 28.8 Å². The Labute approximate surface area is 123 Å². The molecule has 2 nitrogen and oxygen atoms in total. The molecule has 2 saturated heterocycles. The predicted octanol–water partition coefficient (Wildman–Crippen LogP) is 3.34. The molecule has 1 spiro atoms. The summed E-state index contributed by atoms with van der Waals surface area (Å²) >= 11 is 1.93. The SMILES string of the molecule is CC(O)(c1ccc(F)cc1)C1CCOC2(CCSC2)C1. The number of ether oxygens (including phenoxy) is 1. The van der Waals surface area contributed by atoms with Gasteiger partial charge >= 0.3 is 0 Å². The molecule has 20 heavy (non-hydrogen) atoms. The molecule has 3 atom stereocenters. The van der Waals surface area contributed by atoms with Crippen molar-refractivity contribution in [2.75, 3.05) is 18.1 Å². The summed E-state index contributed by atoms with van der Waals surface area (Å²) in [5.74, 6) is 2.08. The standard InChI is InChI=1S/C16H21FO2S/c1-15(18,12-2-4-14(17)5-3-12)13-6-8-19-16(10-13)7-9-20-11-16/h2-5,13,18H,6-11H2,1H3. The van der Waals surface area contributed by atoms with Gasteiger partial charge in [-0.1, -0.05) is 12.1 Å². The molecule has 0 saturated carbocycles. The van der Waals surface area contributed by atoms with E-state index in [0.29, 0.717) is 6.61 Å². The molecular weight excluding hydrogens is 275 g/mol. The maximum absolute atomic E-state index is 13.1. The smallest absolute Gasteiger partial charge is 0.123 e. The minimum Gasteiger partial charge on any atom is -0.385 e. The van der Waals surface area contributed by atoms with E-state index in [-0.39, 0.29) is 17.3 Å². The molecule has 2 heterocycles. The third-order valence-corrected chi connectivity index (χ3v) is 6.01. The first-order valence-corrected chi connectivity index (χ1v) is 8.37. The van der Waals surface area contributed by atoms with E-state index < -0.39 is 5.60 Å². The normalized spacial score (nSPS) is 33.2. The number of rotatable bonds is 2. The number of halogens is 1. The maximum atomic E-state index is 13.1. The zero-order valence-corrected chi connectivity index (χ0v) is 12.6. The van der Waals surface area contributed by atoms with Gasteiger partial charge in [0.25, 0.3) is 0 Å². The molecule has 2 fully saturated rings. The Balaban J connectivity index is 1.81. The van der Waals surface area contributed by atoms with Gasteiger partial charge in [-0.2, -0.15) is 11.8 Å². The predicted molar refractivity (Wildman–Crippen MR) is 79.3 cm³/mol. The van der Waals surface area contributed by atoms with Crippen LogP contribution in [0.25, 0.3) is 0 Å². The van der Waals surface area contributed by atoms with Crippen molar-refractivity contribution in [2.45, 2.75) is 37.4 Å². The molecule has 1 aromatic carbocycles. The van der Waals surface area contributed by atoms with Crippen molar-refractivity contribution in [1.82, 2.24) is 0 Å². The summed E-state index contributed by atoms with van der Waals surface area (Å²) < 4.78 is 19.1. The lowest BCUT2D eigenvalue weighted by Crippen LogP contribution is -2.46. The summed E-state index contributed by atoms with van der Waals surface area (Å²) in [6.07, 6.45) is 2.83. The first kappa shape index (κ1) is 14.4. The lowest BCUT2D eigenvalue weighted by molar-refractivity contribution is -0.129. The number of aliphatic hydroxyl groups is 1. The fourth-order valence-corrected chi connectivity index (χ4v) is 4.77. The van der Waals surface area contributed by atoms with Gasteiger partial charge in [0.2, 0.25) is 0 Å². The van der Waals surface area contributed by atoms with Crippen molar-refractivity contribution >= 4 is 11.8 Å². The third kappa shape index (κ3) is 2.61. The number of thioether (sulfide) groups is 1. The van der Waals surface area contributed by atoms with E-state index in [2.05, 4.69) is 0 Å². The van der Waals surface area contributed by atoms with Gasteiger partial charge in [0.15, 0.2) is 0 Å². The van der Waals surface area contributed by atoms with Crippen molar-refractivity contribution in [1.29, 1.82) is 0 Å². The summed E-state index contributed by atoms with van der Waals surface area (Å²) in [5.41, 5.74) is -0.165. The van der Waals surface area contributed by atoms with Crippen LogP contribution in [0.4, 0.5) is 4.39 Å². The Morgan fingerprint density at radius 3 is 2.80 bits per heavy atom. The molecular formula is C16H21FO2S. The molecule has 0 radical (unpaired) electrons. The van der Waals surface area contributed by atoms with Gasteiger partial charge in [-0.25, -0.2) is 4.39 Å². The van der Waals surface area contributed by atoms with Gasteiger partial charge in [0.1, 0.15) is 5.82 Å². The zero-order valence-electron chi connectivity index (χ0n) is 11.8. The third-order valence-electron chi connectivity index (χ3n) is 4.78. The molecule has 4 heteroatoms. The zero-order chi connectivity index (χ0) is 14.2. The van der Waals surface area contributed by atoms with E-state index in [0.717, 1.165) is 36.3 Å². The molecule has 0 aliphatic carbocycles. The average Bonchev–Trinajstić information content (AvgIpc) is 2.87. The first-order chi connectivity index (χ1) is 9.52. The second-order valence-electron chi connectivity index (χ2n) is 6.18. The minimum absolute atomic E-state index is 0.0440. The highest BCUT2D eigenvalue weighted by Crippen LogP contribution is 2.46. The maximum Gasteiger partial charge on any atom is 0.123 e. The second-order valence-corrected chi connectivity index (χ2v) is 7.28. The van der Waals surface area contributed by atoms with Crippen LogP contribution in [0.5, 0.6) is 0 Å². The fourth-order valence-electron chi connectivity index (χ4n) is 3.39. The Morgan fingerprint density at radius 2 is 2.15 bits per heavy atom. The van der Waals surface area contributed by atoms with Gasteiger partial charge in [0, 0.05) is 12.4 Å². The van der Waals surface area contributed by atoms with Crippen molar-refractivity contribution in [3.05, 3.63) is 35.6 Å². The van der Waals surface area contributed by atoms with E-state index in [1.807, 2.05) is 18.7 Å². The monoisotopic (exact) mass is 296 g/mol. The average molecular weight is 296 g/mol. The van der Waals surface area contributed by atoms with E-state index >= 15 is 0 Å². The van der Waals surface area contributed by atoms with Gasteiger partial charge in [-0.15, -0.1) is 0 Å². The van der Waals surface area contributed by atoms with Gasteiger partial charge < -0.3 is 9.84 Å². The quantitative estimate of drug-likeness (QED) is 0.907. The fraction of sp³-hybridized carbons (Fsp3) is 0.625. The van der Waals surface area contributed by atoms with Gasteiger partial charge in [0.05, 0.1) is 11.2 Å². The summed E-state index contributed by atoms with van der Waals surface area (Å²) in [4.78, 5) is 0. The second kappa shape index (κ2) is 5.32. The number of hydrogen-bond donors (Lipinski definition) is 1. The van der Waals surface area contributed by atoms with Crippen molar-refractivity contribution in [2.24, 2.45) is 5.92 Å². The molecule has 0 aromatic heterocycles. The van der Waals surface area contributed by atoms with E-state index in [4.69, 9.17) is 4.74 Å². The van der Waals surface area contributed by atoms with Crippen LogP contribution in [0, 0.1) is 11.7 Å². The first-order valence-electron chi connectivity index (χ1n) is 7.22. The Kier molecular flexibility index (Phi) is 3.82. The van der Waals surface area contributed by atoms with Crippen LogP contribution in [-0.2, 0) is 10.3 Å². The van der Waals surface area contributed by atoms with Crippen LogP contribution < -0.4 is 0 Å². The molecule has 2 aliphatic rings. The molecule has 0 bridgehead atoms. The Hall–Kier alpha value is -0.580. The summed E-state index contributed by atoms with van der Waals surface area (Å²) in [6.45, 7) is 2.56. The summed E-state index contributed by atoms with van der Waals surface area (Å²) in [7, 11) is 0. The Bertz CT molecular complexity index is 466. The van der Waals surface area contributed by atoms with Crippen molar-refractivity contribution < 1.29 is 14.2 Å². The summed E-state index contributed by atoms with van der Waals surface area (Å²) in [6, 6.07) is 6.23. The van der Waals surface area contributed by atoms with Crippen molar-refractivity contribution in [3.63, 3.8) is 0 Å². The number of hydrogen-bond acceptors (Lipinski definition) is 3. The van der Waals surface area contributed by atoms with Gasteiger partial charge in [-0.05, 0) is 55.6 Å². The van der Waals surface area contributed by atoms with Crippen LogP contribution in [0.3, 0.4) is 0 Å². The largest absolute Gasteiger partial charge is 0.385 e. The van der Waals surface area contributed by atoms with E-state index in [1.165, 1.54) is 12.1 Å². The molecule has 1 N–H and O–H groups in total. The highest BCUT2D eigenvalue weighted by Gasteiger charge is 2.46. The molecule has 110 valence electrons. The molecule has 0 amide bonds. The van der Waals surface area contributed by atoms with Crippen LogP contribution in [0.15, 0.2) is 24.3 Å². The van der Waals surface area contributed by atoms with Crippen LogP contribution in [0.1, 0.15) is 31.7 Å². The lowest BCUT2D eigenvalue weighted by Gasteiger charge is -2.43. The topological polar surface area (TPSA) is 29.5 Å². The summed E-state index contributed by atoms with van der Waals surface area (Å²) in [5, 5.41) is 11.0. The van der Waals surface area contributed by atoms with Crippen LogP contribution in [0.2, 0.25) is 0 Å². The highest BCUT2D eigenvalue weighted by molar-refractivity contribution is 7.99. The Morgan fingerprint density at radius 1 is 1.40 bits per heavy atom. The van der Waals surface area contributed by atoms with Crippen LogP contribution >= 0.6 is 11.8 Å². The molecule has 3 rings (SSSR count). The van der Waals surface area contributed by atoms with E-state index in [1.54, 1.807) is 12.1 Å². The molecule has 3 unspecified atom stereocenters.